The molecule has 1 aromatic heterocycles. The van der Waals surface area contributed by atoms with Crippen molar-refractivity contribution in [3.8, 4) is 0 Å². The average Bonchev–Trinajstić information content (AvgIpc) is 3.38. The summed E-state index contributed by atoms with van der Waals surface area (Å²) in [5.41, 5.74) is -1.59. The number of ether oxygens (including phenoxy) is 2. The summed E-state index contributed by atoms with van der Waals surface area (Å²) in [4.78, 5) is 63.9. The summed E-state index contributed by atoms with van der Waals surface area (Å²) in [7, 11) is 4.79. The van der Waals surface area contributed by atoms with Crippen LogP contribution < -0.4 is 14.7 Å². The summed E-state index contributed by atoms with van der Waals surface area (Å²) in [6.45, 7) is 12.5. The third-order valence-electron chi connectivity index (χ3n) is 7.82. The van der Waals surface area contributed by atoms with Crippen molar-refractivity contribution in [3.63, 3.8) is 0 Å². The first-order valence-corrected chi connectivity index (χ1v) is 16.8. The van der Waals surface area contributed by atoms with Gasteiger partial charge in [0.05, 0.1) is 22.0 Å². The molecule has 16 heteroatoms. The first kappa shape index (κ1) is 41.2. The Labute approximate surface area is 302 Å². The smallest absolute Gasteiger partial charge is 0.416 e. The van der Waals surface area contributed by atoms with Crippen LogP contribution in [0.1, 0.15) is 65.6 Å². The molecule has 0 saturated carbocycles. The number of aryl methyl sites for hydroxylation is 1. The average molecular weight is 741 g/mol. The van der Waals surface area contributed by atoms with Crippen LogP contribution >= 0.6 is 11.6 Å². The van der Waals surface area contributed by atoms with Crippen LogP contribution in [0.4, 0.5) is 40.0 Å². The number of anilines is 3. The van der Waals surface area contributed by atoms with Crippen molar-refractivity contribution >= 4 is 52.8 Å². The highest BCUT2D eigenvalue weighted by Gasteiger charge is 2.41. The van der Waals surface area contributed by atoms with Crippen molar-refractivity contribution in [2.45, 2.75) is 84.7 Å². The standard InChI is InChI=1S/C35H48ClF3N6O6/c1-22-20-23(35(37,38)39)21-27(40-22)45-26(14-15-28(45)46)30(47)43(10)25-13-11-12-24(36)29(25)41(8)16-18-44(32(49)51-34(5,6)7)19-17-42(9)31(48)50-33(2,3)4/h11-13,20-21,26H,14-19H2,1-10H3/t26-/m0/s1. The number of rotatable bonds is 10. The Kier molecular flexibility index (Phi) is 12.9. The van der Waals surface area contributed by atoms with Crippen LogP contribution in [0.15, 0.2) is 30.3 Å². The number of benzene rings is 1. The lowest BCUT2D eigenvalue weighted by Gasteiger charge is -2.33. The molecule has 51 heavy (non-hydrogen) atoms. The van der Waals surface area contributed by atoms with Gasteiger partial charge in [0.25, 0.3) is 0 Å². The lowest BCUT2D eigenvalue weighted by molar-refractivity contribution is -0.137. The van der Waals surface area contributed by atoms with Gasteiger partial charge in [-0.3, -0.25) is 14.5 Å². The SMILES string of the molecule is Cc1cc(C(F)(F)F)cc(N2C(=O)CC[C@H]2C(=O)N(C)c2cccc(Cl)c2N(C)CCN(CCN(C)C(=O)OC(C)(C)C)C(=O)OC(C)(C)C)n1. The van der Waals surface area contributed by atoms with E-state index in [4.69, 9.17) is 21.1 Å². The number of likely N-dealkylation sites (N-methyl/N-ethyl adjacent to an activating group) is 3. The minimum atomic E-state index is -4.67. The van der Waals surface area contributed by atoms with Crippen LogP contribution in [0.3, 0.4) is 0 Å². The summed E-state index contributed by atoms with van der Waals surface area (Å²) >= 11 is 6.69. The zero-order chi connectivity index (χ0) is 38.6. The van der Waals surface area contributed by atoms with E-state index in [1.54, 1.807) is 78.7 Å². The largest absolute Gasteiger partial charge is 0.444 e. The summed E-state index contributed by atoms with van der Waals surface area (Å²) < 4.78 is 51.9. The second kappa shape index (κ2) is 16.0. The Morgan fingerprint density at radius 2 is 1.51 bits per heavy atom. The maximum atomic E-state index is 14.0. The number of amides is 4. The van der Waals surface area contributed by atoms with Crippen LogP contribution in [-0.2, 0) is 25.2 Å². The van der Waals surface area contributed by atoms with Crippen molar-refractivity contribution in [1.29, 1.82) is 0 Å². The summed E-state index contributed by atoms with van der Waals surface area (Å²) in [6, 6.07) is 5.48. The van der Waals surface area contributed by atoms with E-state index in [-0.39, 0.29) is 55.6 Å². The molecule has 1 aromatic carbocycles. The Morgan fingerprint density at radius 3 is 2.10 bits per heavy atom. The van der Waals surface area contributed by atoms with Gasteiger partial charge in [-0.25, -0.2) is 14.6 Å². The summed E-state index contributed by atoms with van der Waals surface area (Å²) in [6.07, 6.45) is -5.78. The second-order valence-corrected chi connectivity index (χ2v) is 14.9. The molecule has 2 heterocycles. The zero-order valence-corrected chi connectivity index (χ0v) is 31.6. The van der Waals surface area contributed by atoms with E-state index in [1.165, 1.54) is 28.7 Å². The molecule has 0 unspecified atom stereocenters. The van der Waals surface area contributed by atoms with Crippen LogP contribution in [-0.4, -0.2) is 103 Å². The highest BCUT2D eigenvalue weighted by molar-refractivity contribution is 6.34. The Balaban J connectivity index is 1.85. The molecule has 1 fully saturated rings. The molecule has 282 valence electrons. The number of halogens is 4. The van der Waals surface area contributed by atoms with Crippen molar-refractivity contribution in [3.05, 3.63) is 46.6 Å². The van der Waals surface area contributed by atoms with Gasteiger partial charge in [-0.1, -0.05) is 17.7 Å². The topological polar surface area (TPSA) is 116 Å². The number of aromatic nitrogens is 1. The van der Waals surface area contributed by atoms with Crippen molar-refractivity contribution in [1.82, 2.24) is 14.8 Å². The zero-order valence-electron chi connectivity index (χ0n) is 30.9. The lowest BCUT2D eigenvalue weighted by atomic mass is 10.1. The highest BCUT2D eigenvalue weighted by atomic mass is 35.5. The number of pyridine rings is 1. The van der Waals surface area contributed by atoms with E-state index < -0.39 is 53.0 Å². The molecule has 0 radical (unpaired) electrons. The van der Waals surface area contributed by atoms with E-state index in [0.717, 1.165) is 17.0 Å². The molecule has 1 atom stereocenters. The molecule has 3 rings (SSSR count). The normalized spacial score (nSPS) is 15.1. The summed E-state index contributed by atoms with van der Waals surface area (Å²) in [5.74, 6) is -1.31. The second-order valence-electron chi connectivity index (χ2n) is 14.5. The highest BCUT2D eigenvalue weighted by Crippen LogP contribution is 2.38. The molecule has 0 N–H and O–H groups in total. The quantitative estimate of drug-likeness (QED) is 0.263. The fourth-order valence-electron chi connectivity index (χ4n) is 5.34. The van der Waals surface area contributed by atoms with Gasteiger partial charge in [-0.2, -0.15) is 13.2 Å². The number of para-hydroxylation sites is 1. The van der Waals surface area contributed by atoms with Gasteiger partial charge < -0.3 is 29.1 Å². The Bertz CT molecular complexity index is 1610. The van der Waals surface area contributed by atoms with Crippen molar-refractivity contribution < 1.29 is 41.8 Å². The van der Waals surface area contributed by atoms with E-state index in [0.29, 0.717) is 11.4 Å². The maximum Gasteiger partial charge on any atom is 0.416 e. The van der Waals surface area contributed by atoms with Gasteiger partial charge in [-0.05, 0) is 79.2 Å². The molecular weight excluding hydrogens is 693 g/mol. The lowest BCUT2D eigenvalue weighted by Crippen LogP contribution is -2.47. The molecule has 1 aliphatic rings. The van der Waals surface area contributed by atoms with Gasteiger partial charge in [0, 0.05) is 59.4 Å². The van der Waals surface area contributed by atoms with Crippen LogP contribution in [0, 0.1) is 6.92 Å². The molecule has 1 aliphatic heterocycles. The molecule has 12 nitrogen and oxygen atoms in total. The third-order valence-corrected chi connectivity index (χ3v) is 8.12. The molecule has 1 saturated heterocycles. The van der Waals surface area contributed by atoms with E-state index in [2.05, 4.69) is 4.98 Å². The minimum Gasteiger partial charge on any atom is -0.444 e. The molecule has 0 bridgehead atoms. The number of hydrogen-bond acceptors (Lipinski definition) is 8. The number of hydrogen-bond donors (Lipinski definition) is 0. The monoisotopic (exact) mass is 740 g/mol. The fourth-order valence-corrected chi connectivity index (χ4v) is 5.66. The van der Waals surface area contributed by atoms with Gasteiger partial charge >= 0.3 is 18.4 Å². The molecule has 0 spiro atoms. The van der Waals surface area contributed by atoms with Crippen LogP contribution in [0.25, 0.3) is 0 Å². The molecule has 2 aromatic rings. The number of carbonyl (C=O) groups excluding carboxylic acids is 4. The molecule has 4 amide bonds. The predicted molar refractivity (Wildman–Crippen MR) is 189 cm³/mol. The molecule has 0 aliphatic carbocycles. The van der Waals surface area contributed by atoms with Crippen LogP contribution in [0.5, 0.6) is 0 Å². The first-order chi connectivity index (χ1) is 23.4. The van der Waals surface area contributed by atoms with Gasteiger partial charge in [0.15, 0.2) is 0 Å². The van der Waals surface area contributed by atoms with Gasteiger partial charge in [0.2, 0.25) is 11.8 Å². The van der Waals surface area contributed by atoms with Crippen molar-refractivity contribution in [2.75, 3.05) is 62.0 Å². The maximum absolute atomic E-state index is 14.0. The van der Waals surface area contributed by atoms with Crippen molar-refractivity contribution in [2.24, 2.45) is 0 Å². The number of alkyl halides is 3. The van der Waals surface area contributed by atoms with Crippen LogP contribution in [0.2, 0.25) is 5.02 Å². The number of carbonyl (C=O) groups is 4. The minimum absolute atomic E-state index is 0.0485. The summed E-state index contributed by atoms with van der Waals surface area (Å²) in [5, 5.41) is 0.289. The van der Waals surface area contributed by atoms with E-state index in [9.17, 15) is 32.3 Å². The Hall–Kier alpha value is -4.27. The van der Waals surface area contributed by atoms with Gasteiger partial charge in [-0.15, -0.1) is 0 Å². The van der Waals surface area contributed by atoms with E-state index in [1.807, 2.05) is 0 Å². The third kappa shape index (κ3) is 11.1. The predicted octanol–water partition coefficient (Wildman–Crippen LogP) is 6.76. The Morgan fingerprint density at radius 1 is 0.922 bits per heavy atom. The molecular formula is C35H48ClF3N6O6. The number of nitrogens with zero attached hydrogens (tertiary/aromatic N) is 6. The first-order valence-electron chi connectivity index (χ1n) is 16.5. The van der Waals surface area contributed by atoms with E-state index >= 15 is 0 Å². The van der Waals surface area contributed by atoms with Gasteiger partial charge in [0.1, 0.15) is 23.1 Å². The fraction of sp³-hybridized carbons (Fsp3) is 0.571.